The molecule has 0 aliphatic heterocycles. The van der Waals surface area contributed by atoms with Crippen molar-refractivity contribution in [3.05, 3.63) is 36.4 Å². The molecule has 0 spiro atoms. The summed E-state index contributed by atoms with van der Waals surface area (Å²) in [4.78, 5) is 4.09. The van der Waals surface area contributed by atoms with Gasteiger partial charge in [0.15, 0.2) is 0 Å². The molecule has 0 amide bonds. The number of hydrogen-bond acceptors (Lipinski definition) is 4. The van der Waals surface area contributed by atoms with Crippen molar-refractivity contribution < 1.29 is 18.3 Å². The summed E-state index contributed by atoms with van der Waals surface area (Å²) < 4.78 is 38.1. The zero-order valence-corrected chi connectivity index (χ0v) is 14.3. The first-order valence-corrected chi connectivity index (χ1v) is 8.59. The van der Waals surface area contributed by atoms with Crippen LogP contribution in [0.2, 0.25) is 0 Å². The second-order valence-corrected chi connectivity index (χ2v) is 6.35. The van der Waals surface area contributed by atoms with E-state index in [4.69, 9.17) is 9.47 Å². The van der Waals surface area contributed by atoms with Gasteiger partial charge in [0.25, 0.3) is 6.43 Å². The molecule has 0 aromatic carbocycles. The van der Waals surface area contributed by atoms with Crippen molar-refractivity contribution in [3.63, 3.8) is 0 Å². The predicted molar refractivity (Wildman–Crippen MR) is 89.2 cm³/mol. The van der Waals surface area contributed by atoms with Crippen LogP contribution in [-0.4, -0.2) is 34.9 Å². The molecule has 0 radical (unpaired) electrons. The van der Waals surface area contributed by atoms with Crippen LogP contribution in [0.15, 0.2) is 30.7 Å². The van der Waals surface area contributed by atoms with E-state index in [0.717, 1.165) is 31.4 Å². The first kappa shape index (κ1) is 17.6. The van der Waals surface area contributed by atoms with E-state index in [-0.39, 0.29) is 18.4 Å². The molecule has 2 aromatic rings. The number of hydrogen-bond donors (Lipinski definition) is 0. The van der Waals surface area contributed by atoms with Crippen molar-refractivity contribution in [3.8, 4) is 11.5 Å². The largest absolute Gasteiger partial charge is 0.495 e. The number of pyridine rings is 1. The molecule has 7 heteroatoms. The molecular formula is C18H23F2N3O2. The number of alkyl halides is 2. The van der Waals surface area contributed by atoms with E-state index >= 15 is 0 Å². The minimum atomic E-state index is -2.40. The van der Waals surface area contributed by atoms with Crippen molar-refractivity contribution in [2.45, 2.75) is 44.6 Å². The van der Waals surface area contributed by atoms with Gasteiger partial charge in [-0.3, -0.25) is 9.67 Å². The van der Waals surface area contributed by atoms with Crippen molar-refractivity contribution in [2.24, 2.45) is 5.92 Å². The topological polar surface area (TPSA) is 49.2 Å². The lowest BCUT2D eigenvalue weighted by Crippen LogP contribution is -2.26. The van der Waals surface area contributed by atoms with Gasteiger partial charge in [0, 0.05) is 29.8 Å². The van der Waals surface area contributed by atoms with Crippen LogP contribution < -0.4 is 9.47 Å². The van der Waals surface area contributed by atoms with Crippen molar-refractivity contribution in [1.82, 2.24) is 14.8 Å². The van der Waals surface area contributed by atoms with Crippen LogP contribution in [0.25, 0.3) is 0 Å². The van der Waals surface area contributed by atoms with Gasteiger partial charge in [0.05, 0.1) is 26.1 Å². The molecule has 0 bridgehead atoms. The summed E-state index contributed by atoms with van der Waals surface area (Å²) in [5.41, 5.74) is 0.886. The van der Waals surface area contributed by atoms with Crippen LogP contribution >= 0.6 is 0 Å². The lowest BCUT2D eigenvalue weighted by atomic mass is 9.78. The third-order valence-electron chi connectivity index (χ3n) is 4.74. The molecule has 1 aliphatic carbocycles. The molecular weight excluding hydrogens is 328 g/mol. The molecule has 5 nitrogen and oxygen atoms in total. The molecule has 2 unspecified atom stereocenters. The van der Waals surface area contributed by atoms with Crippen LogP contribution in [0.3, 0.4) is 0 Å². The number of aromatic nitrogens is 3. The lowest BCUT2D eigenvalue weighted by molar-refractivity contribution is 0.117. The Morgan fingerprint density at radius 3 is 2.84 bits per heavy atom. The standard InChI is InChI=1S/C18H23F2N3O2/c1-24-14-8-15(10-21-9-14)25-12-13-4-2-3-5-16(13)17-6-7-22-23(17)11-18(19)20/h6-10,13,16,18H,2-5,11-12H2,1H3. The summed E-state index contributed by atoms with van der Waals surface area (Å²) in [5.74, 6) is 1.76. The third kappa shape index (κ3) is 4.46. The molecule has 1 saturated carbocycles. The molecule has 1 aliphatic rings. The Morgan fingerprint density at radius 2 is 2.04 bits per heavy atom. The normalized spacial score (nSPS) is 20.6. The average molecular weight is 351 g/mol. The Kier molecular flexibility index (Phi) is 5.83. The summed E-state index contributed by atoms with van der Waals surface area (Å²) in [6.45, 7) is 0.172. The van der Waals surface area contributed by atoms with E-state index in [1.165, 1.54) is 4.68 Å². The fourth-order valence-electron chi connectivity index (χ4n) is 3.53. The second kappa shape index (κ2) is 8.27. The lowest BCUT2D eigenvalue weighted by Gasteiger charge is -2.31. The number of methoxy groups -OCH3 is 1. The molecule has 0 saturated heterocycles. The van der Waals surface area contributed by atoms with Gasteiger partial charge in [-0.15, -0.1) is 0 Å². The molecule has 2 aromatic heterocycles. The number of ether oxygens (including phenoxy) is 2. The van der Waals surface area contributed by atoms with E-state index < -0.39 is 6.43 Å². The highest BCUT2D eigenvalue weighted by Crippen LogP contribution is 2.38. The summed E-state index contributed by atoms with van der Waals surface area (Å²) in [6, 6.07) is 3.66. The van der Waals surface area contributed by atoms with Crippen LogP contribution in [0.1, 0.15) is 37.3 Å². The van der Waals surface area contributed by atoms with E-state index in [0.29, 0.717) is 18.1 Å². The molecule has 3 rings (SSSR count). The Hall–Kier alpha value is -2.18. The fraction of sp³-hybridized carbons (Fsp3) is 0.556. The van der Waals surface area contributed by atoms with E-state index in [9.17, 15) is 8.78 Å². The van der Waals surface area contributed by atoms with Gasteiger partial charge in [-0.2, -0.15) is 5.10 Å². The number of rotatable bonds is 7. The number of halogens is 2. The molecule has 2 atom stereocenters. The smallest absolute Gasteiger partial charge is 0.257 e. The van der Waals surface area contributed by atoms with Crippen molar-refractivity contribution in [2.75, 3.05) is 13.7 Å². The molecule has 25 heavy (non-hydrogen) atoms. The van der Waals surface area contributed by atoms with Crippen molar-refractivity contribution >= 4 is 0 Å². The molecule has 2 heterocycles. The van der Waals surface area contributed by atoms with Crippen LogP contribution in [0.4, 0.5) is 8.78 Å². The van der Waals surface area contributed by atoms with Gasteiger partial charge in [-0.05, 0) is 18.9 Å². The van der Waals surface area contributed by atoms with Crippen LogP contribution in [0, 0.1) is 5.92 Å². The summed E-state index contributed by atoms with van der Waals surface area (Å²) in [6.07, 6.45) is 6.70. The maximum Gasteiger partial charge on any atom is 0.257 e. The molecule has 1 fully saturated rings. The van der Waals surface area contributed by atoms with Gasteiger partial charge in [-0.25, -0.2) is 8.78 Å². The molecule has 136 valence electrons. The zero-order chi connectivity index (χ0) is 17.6. The Bertz CT molecular complexity index is 678. The summed E-state index contributed by atoms with van der Waals surface area (Å²) in [7, 11) is 1.59. The Morgan fingerprint density at radius 1 is 1.24 bits per heavy atom. The maximum absolute atomic E-state index is 12.8. The monoisotopic (exact) mass is 351 g/mol. The third-order valence-corrected chi connectivity index (χ3v) is 4.74. The predicted octanol–water partition coefficient (Wildman–Crippen LogP) is 3.90. The summed E-state index contributed by atoms with van der Waals surface area (Å²) in [5, 5.41) is 4.08. The van der Waals surface area contributed by atoms with Gasteiger partial charge in [0.2, 0.25) is 0 Å². The second-order valence-electron chi connectivity index (χ2n) is 6.35. The van der Waals surface area contributed by atoms with Gasteiger partial charge in [-0.1, -0.05) is 12.8 Å². The summed E-state index contributed by atoms with van der Waals surface area (Å²) >= 11 is 0. The quantitative estimate of drug-likeness (QED) is 0.759. The minimum Gasteiger partial charge on any atom is -0.495 e. The van der Waals surface area contributed by atoms with E-state index in [2.05, 4.69) is 10.1 Å². The highest BCUT2D eigenvalue weighted by atomic mass is 19.3. The van der Waals surface area contributed by atoms with E-state index in [1.54, 1.807) is 31.8 Å². The fourth-order valence-corrected chi connectivity index (χ4v) is 3.53. The van der Waals surface area contributed by atoms with Gasteiger partial charge >= 0.3 is 0 Å². The first-order valence-electron chi connectivity index (χ1n) is 8.59. The zero-order valence-electron chi connectivity index (χ0n) is 14.3. The van der Waals surface area contributed by atoms with Gasteiger partial charge in [0.1, 0.15) is 18.0 Å². The van der Waals surface area contributed by atoms with Crippen molar-refractivity contribution in [1.29, 1.82) is 0 Å². The van der Waals surface area contributed by atoms with Crippen LogP contribution in [-0.2, 0) is 6.54 Å². The van der Waals surface area contributed by atoms with Crippen LogP contribution in [0.5, 0.6) is 11.5 Å². The Balaban J connectivity index is 1.69. The highest BCUT2D eigenvalue weighted by molar-refractivity contribution is 5.28. The highest BCUT2D eigenvalue weighted by Gasteiger charge is 2.30. The minimum absolute atomic E-state index is 0.188. The average Bonchev–Trinajstić information content (AvgIpc) is 3.07. The first-order chi connectivity index (χ1) is 12.2. The molecule has 0 N–H and O–H groups in total. The van der Waals surface area contributed by atoms with E-state index in [1.807, 2.05) is 6.07 Å². The maximum atomic E-state index is 12.8. The number of nitrogens with zero attached hydrogens (tertiary/aromatic N) is 3. The Labute approximate surface area is 146 Å². The SMILES string of the molecule is COc1cncc(OCC2CCCCC2c2ccnn2CC(F)F)c1. The van der Waals surface area contributed by atoms with Gasteiger partial charge < -0.3 is 9.47 Å².